The minimum Gasteiger partial charge on any atom is -0.494 e. The van der Waals surface area contributed by atoms with Crippen LogP contribution in [0.15, 0.2) is 35.9 Å². The zero-order valence-corrected chi connectivity index (χ0v) is 17.0. The number of nitrogens with zero attached hydrogens (tertiary/aromatic N) is 2. The molecule has 0 saturated carbocycles. The Bertz CT molecular complexity index is 888. The van der Waals surface area contributed by atoms with Crippen LogP contribution in [0.1, 0.15) is 30.8 Å². The highest BCUT2D eigenvalue weighted by Gasteiger charge is 2.17. The van der Waals surface area contributed by atoms with Gasteiger partial charge in [0.2, 0.25) is 0 Å². The normalized spacial score (nSPS) is 12.4. The summed E-state index contributed by atoms with van der Waals surface area (Å²) < 4.78 is 17.7. The predicted molar refractivity (Wildman–Crippen MR) is 107 cm³/mol. The van der Waals surface area contributed by atoms with Crippen LogP contribution < -0.4 is 4.74 Å². The van der Waals surface area contributed by atoms with E-state index in [2.05, 4.69) is 4.57 Å². The molecule has 148 valence electrons. The number of hydrogen-bond acceptors (Lipinski definition) is 5. The standard InChI is InChI=1S/C22H26N2O4/c1-6-27-21-9-7-20(8-10-21)24-15(2)11-18(17(24)4)12-19(13-23)22(25)28-16(3)14-26-5/h7-12,16H,6,14H2,1-5H3/b19-12+/t16-/m1/s1. The minimum absolute atomic E-state index is 0.0464. The summed E-state index contributed by atoms with van der Waals surface area (Å²) in [4.78, 5) is 12.2. The number of aromatic nitrogens is 1. The third-order valence-electron chi connectivity index (χ3n) is 4.23. The van der Waals surface area contributed by atoms with Gasteiger partial charge in [0, 0.05) is 24.2 Å². The monoisotopic (exact) mass is 382 g/mol. The van der Waals surface area contributed by atoms with Gasteiger partial charge in [0.25, 0.3) is 0 Å². The van der Waals surface area contributed by atoms with E-state index in [1.165, 1.54) is 7.11 Å². The molecule has 0 unspecified atom stereocenters. The molecule has 1 atom stereocenters. The number of aryl methyl sites for hydroxylation is 1. The van der Waals surface area contributed by atoms with Gasteiger partial charge < -0.3 is 18.8 Å². The van der Waals surface area contributed by atoms with Crippen molar-refractivity contribution in [1.29, 1.82) is 5.26 Å². The predicted octanol–water partition coefficient (Wildman–Crippen LogP) is 3.98. The number of carbonyl (C=O) groups is 1. The summed E-state index contributed by atoms with van der Waals surface area (Å²) in [6.07, 6.45) is 1.14. The fourth-order valence-corrected chi connectivity index (χ4v) is 3.00. The van der Waals surface area contributed by atoms with Crippen molar-refractivity contribution in [2.24, 2.45) is 0 Å². The minimum atomic E-state index is -0.655. The van der Waals surface area contributed by atoms with Gasteiger partial charge in [0.1, 0.15) is 23.5 Å². The first-order valence-corrected chi connectivity index (χ1v) is 9.15. The summed E-state index contributed by atoms with van der Waals surface area (Å²) in [6.45, 7) is 8.48. The van der Waals surface area contributed by atoms with E-state index in [1.807, 2.05) is 57.2 Å². The van der Waals surface area contributed by atoms with Crippen LogP contribution in [0.5, 0.6) is 5.75 Å². The molecule has 0 N–H and O–H groups in total. The Morgan fingerprint density at radius 1 is 1.29 bits per heavy atom. The van der Waals surface area contributed by atoms with Crippen LogP contribution in [0.4, 0.5) is 0 Å². The van der Waals surface area contributed by atoms with E-state index >= 15 is 0 Å². The number of esters is 1. The molecule has 2 rings (SSSR count). The maximum Gasteiger partial charge on any atom is 0.349 e. The largest absolute Gasteiger partial charge is 0.494 e. The van der Waals surface area contributed by atoms with Crippen molar-refractivity contribution in [3.63, 3.8) is 0 Å². The van der Waals surface area contributed by atoms with Gasteiger partial charge in [-0.25, -0.2) is 4.79 Å². The third kappa shape index (κ3) is 5.02. The molecule has 1 aromatic carbocycles. The van der Waals surface area contributed by atoms with Gasteiger partial charge in [-0.1, -0.05) is 0 Å². The van der Waals surface area contributed by atoms with Crippen molar-refractivity contribution in [2.75, 3.05) is 20.3 Å². The van der Waals surface area contributed by atoms with Crippen molar-refractivity contribution in [3.8, 4) is 17.5 Å². The van der Waals surface area contributed by atoms with Crippen LogP contribution >= 0.6 is 0 Å². The van der Waals surface area contributed by atoms with Crippen LogP contribution in [-0.4, -0.2) is 37.0 Å². The lowest BCUT2D eigenvalue weighted by molar-refractivity contribution is -0.145. The van der Waals surface area contributed by atoms with E-state index in [1.54, 1.807) is 13.0 Å². The van der Waals surface area contributed by atoms with E-state index in [4.69, 9.17) is 14.2 Å². The molecule has 0 aliphatic heterocycles. The third-order valence-corrected chi connectivity index (χ3v) is 4.23. The average Bonchev–Trinajstić information content (AvgIpc) is 2.94. The van der Waals surface area contributed by atoms with E-state index < -0.39 is 12.1 Å². The van der Waals surface area contributed by atoms with Crippen molar-refractivity contribution >= 4 is 12.0 Å². The fourth-order valence-electron chi connectivity index (χ4n) is 3.00. The number of nitriles is 1. The van der Waals surface area contributed by atoms with Crippen LogP contribution in [0.25, 0.3) is 11.8 Å². The molecule has 0 radical (unpaired) electrons. The van der Waals surface area contributed by atoms with Gasteiger partial charge in [-0.15, -0.1) is 0 Å². The van der Waals surface area contributed by atoms with Gasteiger partial charge in [0.05, 0.1) is 13.2 Å². The van der Waals surface area contributed by atoms with Gasteiger partial charge >= 0.3 is 5.97 Å². The maximum atomic E-state index is 12.2. The molecule has 0 bridgehead atoms. The first kappa shape index (κ1) is 21.3. The molecular weight excluding hydrogens is 356 g/mol. The summed E-state index contributed by atoms with van der Waals surface area (Å²) in [7, 11) is 1.53. The lowest BCUT2D eigenvalue weighted by atomic mass is 10.1. The summed E-state index contributed by atoms with van der Waals surface area (Å²) >= 11 is 0. The zero-order chi connectivity index (χ0) is 20.7. The maximum absolute atomic E-state index is 12.2. The molecule has 0 aliphatic rings. The Morgan fingerprint density at radius 3 is 2.54 bits per heavy atom. The van der Waals surface area contributed by atoms with Gasteiger partial charge in [-0.05, 0) is 69.7 Å². The number of carbonyl (C=O) groups excluding carboxylic acids is 1. The smallest absolute Gasteiger partial charge is 0.349 e. The van der Waals surface area contributed by atoms with Gasteiger partial charge in [-0.2, -0.15) is 5.26 Å². The average molecular weight is 382 g/mol. The second-order valence-electron chi connectivity index (χ2n) is 6.43. The Balaban J connectivity index is 2.32. The number of methoxy groups -OCH3 is 1. The fraction of sp³-hybridized carbons (Fsp3) is 0.364. The van der Waals surface area contributed by atoms with E-state index in [-0.39, 0.29) is 12.2 Å². The van der Waals surface area contributed by atoms with Crippen LogP contribution in [0, 0.1) is 25.2 Å². The first-order valence-electron chi connectivity index (χ1n) is 9.15. The molecular formula is C22H26N2O4. The van der Waals surface area contributed by atoms with Crippen molar-refractivity contribution in [3.05, 3.63) is 52.9 Å². The highest BCUT2D eigenvalue weighted by molar-refractivity contribution is 5.98. The number of ether oxygens (including phenoxy) is 3. The summed E-state index contributed by atoms with van der Waals surface area (Å²) in [6, 6.07) is 11.7. The molecule has 6 nitrogen and oxygen atoms in total. The first-order chi connectivity index (χ1) is 13.4. The molecule has 1 heterocycles. The van der Waals surface area contributed by atoms with Crippen molar-refractivity contribution in [2.45, 2.75) is 33.8 Å². The second kappa shape index (κ2) is 9.77. The topological polar surface area (TPSA) is 73.5 Å². The van der Waals surface area contributed by atoms with Crippen LogP contribution in [-0.2, 0) is 14.3 Å². The van der Waals surface area contributed by atoms with E-state index in [0.29, 0.717) is 6.61 Å². The molecule has 0 aliphatic carbocycles. The SMILES string of the molecule is CCOc1ccc(-n2c(C)cc(/C=C(\C#N)C(=O)O[C@H](C)COC)c2C)cc1. The van der Waals surface area contributed by atoms with E-state index in [0.717, 1.165) is 28.4 Å². The summed E-state index contributed by atoms with van der Waals surface area (Å²) in [5.41, 5.74) is 3.64. The molecule has 1 aromatic heterocycles. The number of hydrogen-bond donors (Lipinski definition) is 0. The second-order valence-corrected chi connectivity index (χ2v) is 6.43. The molecule has 0 spiro atoms. The molecule has 6 heteroatoms. The molecule has 0 amide bonds. The Labute approximate surface area is 165 Å². The van der Waals surface area contributed by atoms with Crippen LogP contribution in [0.2, 0.25) is 0 Å². The lowest BCUT2D eigenvalue weighted by Gasteiger charge is -2.12. The van der Waals surface area contributed by atoms with Crippen LogP contribution in [0.3, 0.4) is 0 Å². The van der Waals surface area contributed by atoms with Crippen molar-refractivity contribution < 1.29 is 19.0 Å². The molecule has 0 fully saturated rings. The summed E-state index contributed by atoms with van der Waals surface area (Å²) in [5.74, 6) is 0.159. The Kier molecular flexibility index (Phi) is 7.42. The molecule has 0 saturated heterocycles. The number of rotatable bonds is 8. The zero-order valence-electron chi connectivity index (χ0n) is 17.0. The Hall–Kier alpha value is -3.04. The molecule has 28 heavy (non-hydrogen) atoms. The summed E-state index contributed by atoms with van der Waals surface area (Å²) in [5, 5.41) is 9.39. The lowest BCUT2D eigenvalue weighted by Crippen LogP contribution is -2.20. The van der Waals surface area contributed by atoms with Gasteiger partial charge in [-0.3, -0.25) is 0 Å². The van der Waals surface area contributed by atoms with E-state index in [9.17, 15) is 10.1 Å². The van der Waals surface area contributed by atoms with Gasteiger partial charge in [0.15, 0.2) is 0 Å². The number of benzene rings is 1. The molecule has 2 aromatic rings. The Morgan fingerprint density at radius 2 is 1.96 bits per heavy atom. The van der Waals surface area contributed by atoms with Crippen molar-refractivity contribution in [1.82, 2.24) is 4.57 Å². The highest BCUT2D eigenvalue weighted by Crippen LogP contribution is 2.24. The quantitative estimate of drug-likeness (QED) is 0.392. The highest BCUT2D eigenvalue weighted by atomic mass is 16.6.